The molecular weight excluding hydrogens is 390 g/mol. The number of nitrogens with zero attached hydrogens (tertiary/aromatic N) is 3. The van der Waals surface area contributed by atoms with Gasteiger partial charge in [-0.1, -0.05) is 45.0 Å². The topological polar surface area (TPSA) is 65.7 Å². The van der Waals surface area contributed by atoms with E-state index in [1.165, 1.54) is 12.5 Å². The highest BCUT2D eigenvalue weighted by Gasteiger charge is 2.24. The molecule has 2 rings (SSSR count). The summed E-state index contributed by atoms with van der Waals surface area (Å²) in [4.78, 5) is 15.8. The fourth-order valence-electron chi connectivity index (χ4n) is 3.40. The molecule has 6 heteroatoms. The van der Waals surface area contributed by atoms with Gasteiger partial charge in [0.05, 0.1) is 5.69 Å². The molecule has 0 saturated heterocycles. The number of hydrogen-bond acceptors (Lipinski definition) is 5. The van der Waals surface area contributed by atoms with Crippen LogP contribution in [0.15, 0.2) is 29.3 Å². The van der Waals surface area contributed by atoms with E-state index in [0.29, 0.717) is 12.3 Å². The van der Waals surface area contributed by atoms with Crippen LogP contribution in [0.3, 0.4) is 0 Å². The molecule has 0 N–H and O–H groups in total. The fourth-order valence-corrected chi connectivity index (χ4v) is 3.40. The van der Waals surface area contributed by atoms with E-state index in [-0.39, 0.29) is 5.41 Å². The number of benzene rings is 1. The summed E-state index contributed by atoms with van der Waals surface area (Å²) in [6.45, 7) is 16.4. The van der Waals surface area contributed by atoms with Gasteiger partial charge in [-0.05, 0) is 37.3 Å². The van der Waals surface area contributed by atoms with E-state index in [4.69, 9.17) is 9.47 Å². The minimum absolute atomic E-state index is 0.0545. The van der Waals surface area contributed by atoms with Crippen LogP contribution in [0.5, 0.6) is 0 Å². The molecule has 0 aliphatic heterocycles. The summed E-state index contributed by atoms with van der Waals surface area (Å²) in [7, 11) is 1.73. The predicted octanol–water partition coefficient (Wildman–Crippen LogP) is 5.31. The summed E-state index contributed by atoms with van der Waals surface area (Å²) in [5, 5.41) is 4.65. The number of allylic oxidation sites excluding steroid dienone is 1. The smallest absolute Gasteiger partial charge is 0.305 e. The van der Waals surface area contributed by atoms with Crippen LogP contribution < -0.4 is 0 Å². The van der Waals surface area contributed by atoms with E-state index in [0.717, 1.165) is 28.1 Å². The van der Waals surface area contributed by atoms with Gasteiger partial charge in [0.1, 0.15) is 5.69 Å². The molecule has 1 unspecified atom stereocenters. The van der Waals surface area contributed by atoms with Crippen LogP contribution in [-0.4, -0.2) is 35.3 Å². The Hall–Kier alpha value is -2.89. The number of rotatable bonds is 7. The highest BCUT2D eigenvalue weighted by molar-refractivity contribution is 6.18. The Morgan fingerprint density at radius 1 is 1.19 bits per heavy atom. The second-order valence-electron chi connectivity index (χ2n) is 8.63. The first-order valence-corrected chi connectivity index (χ1v) is 10.6. The third-order valence-electron chi connectivity index (χ3n) is 5.12. The van der Waals surface area contributed by atoms with E-state index in [1.807, 2.05) is 25.5 Å². The lowest BCUT2D eigenvalue weighted by atomic mass is 9.86. The van der Waals surface area contributed by atoms with Gasteiger partial charge in [0.15, 0.2) is 5.76 Å². The number of carbonyl (C=O) groups excluding carboxylic acids is 1. The van der Waals surface area contributed by atoms with Crippen molar-refractivity contribution in [3.05, 3.63) is 52.3 Å². The highest BCUT2D eigenvalue weighted by atomic mass is 16.7. The van der Waals surface area contributed by atoms with Gasteiger partial charge in [-0.25, -0.2) is 0 Å². The number of aromatic nitrogens is 2. The maximum absolute atomic E-state index is 11.5. The lowest BCUT2D eigenvalue weighted by molar-refractivity contribution is -0.161. The first kappa shape index (κ1) is 24.4. The summed E-state index contributed by atoms with van der Waals surface area (Å²) in [5.74, 6) is 0.187. The molecule has 1 atom stereocenters. The van der Waals surface area contributed by atoms with Crippen LogP contribution in [0, 0.1) is 13.8 Å². The normalized spacial score (nSPS) is 13.8. The van der Waals surface area contributed by atoms with Crippen molar-refractivity contribution in [2.24, 2.45) is 4.99 Å². The first-order valence-electron chi connectivity index (χ1n) is 10.6. The molecule has 1 aromatic carbocycles. The van der Waals surface area contributed by atoms with Crippen molar-refractivity contribution in [1.82, 2.24) is 9.78 Å². The minimum atomic E-state index is -0.762. The Kier molecular flexibility index (Phi) is 7.82. The molecule has 168 valence electrons. The SMILES string of the molecule is CCn1nc(C)c(C)c1/C(OC(C)OC(C)=O)=C(\C=NC)c1ccc(C(C)(C)C)cc1. The van der Waals surface area contributed by atoms with Crippen molar-refractivity contribution in [2.45, 2.75) is 73.6 Å². The molecule has 2 aromatic rings. The molecule has 1 aromatic heterocycles. The average molecular weight is 426 g/mol. The fraction of sp³-hybridized carbons (Fsp3) is 0.480. The number of aliphatic imine (C=N–C) groups is 1. The largest absolute Gasteiger partial charge is 0.452 e. The molecule has 31 heavy (non-hydrogen) atoms. The van der Waals surface area contributed by atoms with Gasteiger partial charge >= 0.3 is 5.97 Å². The zero-order valence-electron chi connectivity index (χ0n) is 20.2. The van der Waals surface area contributed by atoms with E-state index >= 15 is 0 Å². The van der Waals surface area contributed by atoms with Crippen LogP contribution >= 0.6 is 0 Å². The maximum atomic E-state index is 11.5. The van der Waals surface area contributed by atoms with Crippen molar-refractivity contribution in [1.29, 1.82) is 0 Å². The molecule has 1 heterocycles. The van der Waals surface area contributed by atoms with Crippen molar-refractivity contribution in [3.8, 4) is 0 Å². The second-order valence-corrected chi connectivity index (χ2v) is 8.63. The van der Waals surface area contributed by atoms with Gasteiger partial charge in [-0.15, -0.1) is 0 Å². The van der Waals surface area contributed by atoms with Gasteiger partial charge in [-0.2, -0.15) is 5.10 Å². The summed E-state index contributed by atoms with van der Waals surface area (Å²) < 4.78 is 13.4. The van der Waals surface area contributed by atoms with Crippen molar-refractivity contribution in [3.63, 3.8) is 0 Å². The molecule has 0 bridgehead atoms. The maximum Gasteiger partial charge on any atom is 0.305 e. The van der Waals surface area contributed by atoms with Crippen LogP contribution in [0.2, 0.25) is 0 Å². The lowest BCUT2D eigenvalue weighted by Crippen LogP contribution is -2.18. The third-order valence-corrected chi connectivity index (χ3v) is 5.12. The molecule has 0 spiro atoms. The van der Waals surface area contributed by atoms with E-state index < -0.39 is 12.3 Å². The first-order chi connectivity index (χ1) is 14.5. The van der Waals surface area contributed by atoms with Crippen LogP contribution in [-0.2, 0) is 26.2 Å². The van der Waals surface area contributed by atoms with Crippen molar-refractivity contribution in [2.75, 3.05) is 7.05 Å². The Labute approximate surface area is 186 Å². The van der Waals surface area contributed by atoms with Gasteiger partial charge < -0.3 is 9.47 Å². The summed E-state index contributed by atoms with van der Waals surface area (Å²) >= 11 is 0. The highest BCUT2D eigenvalue weighted by Crippen LogP contribution is 2.32. The van der Waals surface area contributed by atoms with Crippen LogP contribution in [0.1, 0.15) is 69.6 Å². The summed E-state index contributed by atoms with van der Waals surface area (Å²) in [6.07, 6.45) is 1.02. The molecule has 0 fully saturated rings. The number of ether oxygens (including phenoxy) is 2. The van der Waals surface area contributed by atoms with E-state index in [1.54, 1.807) is 20.2 Å². The number of carbonyl (C=O) groups is 1. The Balaban J connectivity index is 2.76. The zero-order chi connectivity index (χ0) is 23.3. The summed E-state index contributed by atoms with van der Waals surface area (Å²) in [6, 6.07) is 8.40. The Bertz CT molecular complexity index is 977. The minimum Gasteiger partial charge on any atom is -0.452 e. The molecule has 0 aliphatic carbocycles. The van der Waals surface area contributed by atoms with E-state index in [2.05, 4.69) is 55.1 Å². The lowest BCUT2D eigenvalue weighted by Gasteiger charge is -2.22. The van der Waals surface area contributed by atoms with Gasteiger partial charge in [-0.3, -0.25) is 14.5 Å². The molecule has 6 nitrogen and oxygen atoms in total. The van der Waals surface area contributed by atoms with Gasteiger partial charge in [0, 0.05) is 44.8 Å². The molecule has 0 aliphatic rings. The number of aryl methyl sites for hydroxylation is 2. The Morgan fingerprint density at radius 3 is 2.29 bits per heavy atom. The standard InChI is InChI=1S/C25H35N3O3/c1-10-28-23(16(2)17(3)27-28)24(31-19(5)30-18(4)29)22(15-26-9)20-11-13-21(14-12-20)25(6,7)8/h11-15,19H,10H2,1-9H3/b24-22-,26-15?. The number of hydrogen-bond donors (Lipinski definition) is 0. The molecular formula is C25H35N3O3. The van der Waals surface area contributed by atoms with Gasteiger partial charge in [0.2, 0.25) is 6.29 Å². The summed E-state index contributed by atoms with van der Waals surface area (Å²) in [5.41, 5.74) is 5.86. The quantitative estimate of drug-likeness (QED) is 0.261. The Morgan fingerprint density at radius 2 is 1.81 bits per heavy atom. The van der Waals surface area contributed by atoms with Crippen LogP contribution in [0.25, 0.3) is 11.3 Å². The zero-order valence-corrected chi connectivity index (χ0v) is 20.2. The second kappa shape index (κ2) is 9.94. The number of esters is 1. The average Bonchev–Trinajstić information content (AvgIpc) is 2.97. The molecule has 0 radical (unpaired) electrons. The molecule has 0 amide bonds. The van der Waals surface area contributed by atoms with Crippen molar-refractivity contribution >= 4 is 23.5 Å². The van der Waals surface area contributed by atoms with Crippen molar-refractivity contribution < 1.29 is 14.3 Å². The van der Waals surface area contributed by atoms with Gasteiger partial charge in [0.25, 0.3) is 0 Å². The predicted molar refractivity (Wildman–Crippen MR) is 126 cm³/mol. The van der Waals surface area contributed by atoms with E-state index in [9.17, 15) is 4.79 Å². The monoisotopic (exact) mass is 425 g/mol. The third kappa shape index (κ3) is 5.84. The van der Waals surface area contributed by atoms with Crippen LogP contribution in [0.4, 0.5) is 0 Å². The molecule has 0 saturated carbocycles.